The number of hydrogen-bond acceptors (Lipinski definition) is 4. The van der Waals surface area contributed by atoms with Gasteiger partial charge in [0.15, 0.2) is 0 Å². The maximum Gasteiger partial charge on any atom is 0.319 e. The third kappa shape index (κ3) is 6.22. The number of urea groups is 1. The molecule has 3 amide bonds. The summed E-state index contributed by atoms with van der Waals surface area (Å²) >= 11 is 0. The van der Waals surface area contributed by atoms with Crippen LogP contribution in [0.1, 0.15) is 41.6 Å². The zero-order valence-corrected chi connectivity index (χ0v) is 16.6. The number of benzene rings is 1. The molecule has 1 fully saturated rings. The molecule has 0 aromatic heterocycles. The summed E-state index contributed by atoms with van der Waals surface area (Å²) < 4.78 is 0. The van der Waals surface area contributed by atoms with Crippen LogP contribution >= 0.6 is 0 Å². The molecule has 1 heterocycles. The Bertz CT molecular complexity index is 648. The summed E-state index contributed by atoms with van der Waals surface area (Å²) in [5, 5.41) is 15.0. The fraction of sp³-hybridized carbons (Fsp3) is 0.600. The predicted molar refractivity (Wildman–Crippen MR) is 107 cm³/mol. The fourth-order valence-corrected chi connectivity index (χ4v) is 3.35. The van der Waals surface area contributed by atoms with Crippen LogP contribution in [-0.4, -0.2) is 73.2 Å². The van der Waals surface area contributed by atoms with E-state index in [-0.39, 0.29) is 18.5 Å². The van der Waals surface area contributed by atoms with Crippen LogP contribution in [0.25, 0.3) is 0 Å². The minimum Gasteiger partial charge on any atom is -0.395 e. The Labute approximate surface area is 161 Å². The third-order valence-electron chi connectivity index (χ3n) is 5.01. The van der Waals surface area contributed by atoms with Gasteiger partial charge in [0, 0.05) is 37.9 Å². The average molecular weight is 377 g/mol. The van der Waals surface area contributed by atoms with E-state index in [0.717, 1.165) is 44.3 Å². The highest BCUT2D eigenvalue weighted by molar-refractivity contribution is 5.97. The zero-order valence-electron chi connectivity index (χ0n) is 16.6. The Balaban J connectivity index is 1.74. The van der Waals surface area contributed by atoms with Crippen LogP contribution in [-0.2, 0) is 0 Å². The van der Waals surface area contributed by atoms with E-state index in [1.165, 1.54) is 4.90 Å². The van der Waals surface area contributed by atoms with Gasteiger partial charge in [-0.2, -0.15) is 0 Å². The largest absolute Gasteiger partial charge is 0.395 e. The first-order valence-electron chi connectivity index (χ1n) is 9.64. The maximum atomic E-state index is 12.1. The monoisotopic (exact) mass is 376 g/mol. The summed E-state index contributed by atoms with van der Waals surface area (Å²) in [5.41, 5.74) is 2.09. The number of carbonyl (C=O) groups excluding carboxylic acids is 2. The summed E-state index contributed by atoms with van der Waals surface area (Å²) in [5.74, 6) is -0.0958. The molecule has 0 bridgehead atoms. The van der Waals surface area contributed by atoms with Gasteiger partial charge in [-0.05, 0) is 63.4 Å². The summed E-state index contributed by atoms with van der Waals surface area (Å²) in [4.78, 5) is 28.0. The summed E-state index contributed by atoms with van der Waals surface area (Å²) in [7, 11) is 3.40. The second kappa shape index (κ2) is 10.3. The van der Waals surface area contributed by atoms with E-state index >= 15 is 0 Å². The number of unbranched alkanes of at least 4 members (excludes halogenated alkanes) is 1. The minimum atomic E-state index is -0.262. The number of amides is 3. The van der Waals surface area contributed by atoms with Gasteiger partial charge in [0.2, 0.25) is 0 Å². The van der Waals surface area contributed by atoms with Gasteiger partial charge in [-0.25, -0.2) is 4.79 Å². The molecule has 1 aromatic carbocycles. The number of likely N-dealkylation sites (tertiary alicyclic amines) is 1. The number of anilines is 1. The number of rotatable bonds is 8. The molecule has 1 aromatic rings. The van der Waals surface area contributed by atoms with Crippen molar-refractivity contribution in [2.45, 2.75) is 38.6 Å². The van der Waals surface area contributed by atoms with Gasteiger partial charge in [0.05, 0.1) is 6.61 Å². The lowest BCUT2D eigenvalue weighted by atomic mass is 10.1. The van der Waals surface area contributed by atoms with E-state index in [2.05, 4.69) is 15.5 Å². The Morgan fingerprint density at radius 2 is 2.07 bits per heavy atom. The summed E-state index contributed by atoms with van der Waals surface area (Å²) in [6, 6.07) is 5.35. The van der Waals surface area contributed by atoms with Crippen LogP contribution in [0, 0.1) is 6.92 Å². The molecule has 1 unspecified atom stereocenters. The lowest BCUT2D eigenvalue weighted by molar-refractivity contribution is 0.0827. The van der Waals surface area contributed by atoms with Crippen LogP contribution in [0.15, 0.2) is 18.2 Å². The van der Waals surface area contributed by atoms with Gasteiger partial charge in [0.1, 0.15) is 0 Å². The number of aliphatic hydroxyl groups excluding tert-OH is 1. The van der Waals surface area contributed by atoms with Gasteiger partial charge < -0.3 is 20.6 Å². The molecular formula is C20H32N4O3. The van der Waals surface area contributed by atoms with Gasteiger partial charge >= 0.3 is 6.03 Å². The normalized spacial score (nSPS) is 17.0. The van der Waals surface area contributed by atoms with Crippen LogP contribution in [0.5, 0.6) is 0 Å². The molecule has 0 saturated carbocycles. The molecular weight excluding hydrogens is 344 g/mol. The molecule has 0 spiro atoms. The first kappa shape index (κ1) is 21.2. The molecule has 150 valence electrons. The van der Waals surface area contributed by atoms with Gasteiger partial charge in [0.25, 0.3) is 5.91 Å². The number of aliphatic hydroxyl groups is 1. The molecule has 7 heteroatoms. The summed E-state index contributed by atoms with van der Waals surface area (Å²) in [6.07, 6.45) is 4.11. The highest BCUT2D eigenvalue weighted by Crippen LogP contribution is 2.18. The van der Waals surface area contributed by atoms with E-state index in [9.17, 15) is 14.7 Å². The smallest absolute Gasteiger partial charge is 0.319 e. The molecule has 3 N–H and O–H groups in total. The molecule has 7 nitrogen and oxygen atoms in total. The Morgan fingerprint density at radius 3 is 2.78 bits per heavy atom. The van der Waals surface area contributed by atoms with Crippen molar-refractivity contribution in [1.82, 2.24) is 15.1 Å². The van der Waals surface area contributed by atoms with Gasteiger partial charge in [-0.3, -0.25) is 9.69 Å². The second-order valence-electron chi connectivity index (χ2n) is 7.33. The van der Waals surface area contributed by atoms with Crippen molar-refractivity contribution in [2.24, 2.45) is 0 Å². The van der Waals surface area contributed by atoms with E-state index < -0.39 is 0 Å². The zero-order chi connectivity index (χ0) is 19.8. The molecule has 1 atom stereocenters. The van der Waals surface area contributed by atoms with Crippen molar-refractivity contribution >= 4 is 17.6 Å². The first-order valence-corrected chi connectivity index (χ1v) is 9.64. The van der Waals surface area contributed by atoms with Crippen molar-refractivity contribution in [3.63, 3.8) is 0 Å². The molecule has 27 heavy (non-hydrogen) atoms. The third-order valence-corrected chi connectivity index (χ3v) is 5.01. The van der Waals surface area contributed by atoms with Crippen LogP contribution in [0.4, 0.5) is 10.5 Å². The molecule has 1 aliphatic rings. The van der Waals surface area contributed by atoms with Gasteiger partial charge in [-0.15, -0.1) is 0 Å². The van der Waals surface area contributed by atoms with Crippen LogP contribution in [0.2, 0.25) is 0 Å². The molecule has 1 aliphatic heterocycles. The van der Waals surface area contributed by atoms with E-state index in [4.69, 9.17) is 0 Å². The number of nitrogens with zero attached hydrogens (tertiary/aromatic N) is 2. The van der Waals surface area contributed by atoms with Crippen molar-refractivity contribution in [3.05, 3.63) is 29.3 Å². The van der Waals surface area contributed by atoms with Crippen LogP contribution in [0.3, 0.4) is 0 Å². The lowest BCUT2D eigenvalue weighted by Crippen LogP contribution is -2.34. The molecule has 2 rings (SSSR count). The highest BCUT2D eigenvalue weighted by Gasteiger charge is 2.22. The Hall–Kier alpha value is -2.12. The van der Waals surface area contributed by atoms with E-state index in [1.807, 2.05) is 13.0 Å². The second-order valence-corrected chi connectivity index (χ2v) is 7.33. The summed E-state index contributed by atoms with van der Waals surface area (Å²) in [6.45, 7) is 4.74. The topological polar surface area (TPSA) is 84.9 Å². The molecule has 0 aliphatic carbocycles. The lowest BCUT2D eigenvalue weighted by Gasteiger charge is -2.22. The van der Waals surface area contributed by atoms with Crippen molar-refractivity contribution in [1.29, 1.82) is 0 Å². The Morgan fingerprint density at radius 1 is 1.30 bits per heavy atom. The highest BCUT2D eigenvalue weighted by atomic mass is 16.3. The number of aryl methyl sites for hydroxylation is 1. The molecule has 0 radical (unpaired) electrons. The van der Waals surface area contributed by atoms with Gasteiger partial charge in [-0.1, -0.05) is 6.07 Å². The number of hydrogen-bond donors (Lipinski definition) is 3. The fourth-order valence-electron chi connectivity index (χ4n) is 3.35. The Kier molecular flexibility index (Phi) is 8.06. The number of nitrogens with one attached hydrogen (secondary N) is 2. The van der Waals surface area contributed by atoms with Crippen LogP contribution < -0.4 is 10.6 Å². The predicted octanol–water partition coefficient (Wildman–Crippen LogP) is 2.06. The van der Waals surface area contributed by atoms with E-state index in [0.29, 0.717) is 23.8 Å². The maximum absolute atomic E-state index is 12.1. The molecule has 1 saturated heterocycles. The van der Waals surface area contributed by atoms with Crippen molar-refractivity contribution < 1.29 is 14.7 Å². The van der Waals surface area contributed by atoms with E-state index in [1.54, 1.807) is 26.2 Å². The quantitative estimate of drug-likeness (QED) is 0.606. The minimum absolute atomic E-state index is 0.0958. The van der Waals surface area contributed by atoms with Crippen molar-refractivity contribution in [2.75, 3.05) is 45.7 Å². The average Bonchev–Trinajstić information content (AvgIpc) is 3.10. The standard InChI is InChI=1S/C20H32N4O3/c1-15-8-9-16(19(26)23(2)3)13-18(15)22-20(27)21-10-4-5-11-24-12-6-7-17(24)14-25/h8-9,13,17,25H,4-7,10-12,14H2,1-3H3,(H2,21,22,27). The number of carbonyl (C=O) groups is 2. The SMILES string of the molecule is Cc1ccc(C(=O)N(C)C)cc1NC(=O)NCCCCN1CCCC1CO. The first-order chi connectivity index (χ1) is 12.9. The van der Waals surface area contributed by atoms with Crippen molar-refractivity contribution in [3.8, 4) is 0 Å².